The Hall–Kier alpha value is -1.26. The van der Waals surface area contributed by atoms with E-state index in [1.165, 1.54) is 4.90 Å². The molecule has 0 saturated heterocycles. The molecule has 0 saturated carbocycles. The van der Waals surface area contributed by atoms with E-state index < -0.39 is 11.5 Å². The molecule has 18 heavy (non-hydrogen) atoms. The van der Waals surface area contributed by atoms with Crippen molar-refractivity contribution in [2.75, 3.05) is 13.6 Å². The predicted molar refractivity (Wildman–Crippen MR) is 71.6 cm³/mol. The SMILES string of the molecule is CCC(CC)N(C)C(=O)N(CC)C(C)(C)C(=O)O. The minimum Gasteiger partial charge on any atom is -0.480 e. The normalized spacial score (nSPS) is 11.5. The lowest BCUT2D eigenvalue weighted by atomic mass is 10.0. The number of carboxylic acid groups (broad SMARTS) is 1. The molecule has 0 radical (unpaired) electrons. The van der Waals surface area contributed by atoms with Crippen LogP contribution >= 0.6 is 0 Å². The Kier molecular flexibility index (Phi) is 6.15. The molecule has 0 aromatic carbocycles. The molecule has 0 bridgehead atoms. The van der Waals surface area contributed by atoms with Crippen LogP contribution in [0.3, 0.4) is 0 Å². The van der Waals surface area contributed by atoms with E-state index in [0.717, 1.165) is 12.8 Å². The maximum atomic E-state index is 12.4. The Morgan fingerprint density at radius 3 is 1.89 bits per heavy atom. The van der Waals surface area contributed by atoms with E-state index in [-0.39, 0.29) is 12.1 Å². The molecule has 0 rings (SSSR count). The smallest absolute Gasteiger partial charge is 0.329 e. The molecule has 0 aliphatic carbocycles. The van der Waals surface area contributed by atoms with E-state index in [1.807, 2.05) is 13.8 Å². The highest BCUT2D eigenvalue weighted by molar-refractivity contribution is 5.85. The van der Waals surface area contributed by atoms with Crippen molar-refractivity contribution in [2.24, 2.45) is 0 Å². The Morgan fingerprint density at radius 1 is 1.17 bits per heavy atom. The third-order valence-corrected chi connectivity index (χ3v) is 3.54. The van der Waals surface area contributed by atoms with E-state index in [4.69, 9.17) is 0 Å². The van der Waals surface area contributed by atoms with Gasteiger partial charge < -0.3 is 14.9 Å². The van der Waals surface area contributed by atoms with Crippen LogP contribution < -0.4 is 0 Å². The maximum absolute atomic E-state index is 12.4. The average molecular weight is 258 g/mol. The van der Waals surface area contributed by atoms with Crippen LogP contribution in [0.15, 0.2) is 0 Å². The topological polar surface area (TPSA) is 60.9 Å². The van der Waals surface area contributed by atoms with Crippen molar-refractivity contribution >= 4 is 12.0 Å². The number of urea groups is 1. The number of rotatable bonds is 6. The highest BCUT2D eigenvalue weighted by Crippen LogP contribution is 2.18. The zero-order valence-electron chi connectivity index (χ0n) is 12.4. The summed E-state index contributed by atoms with van der Waals surface area (Å²) in [6.07, 6.45) is 1.73. The first-order valence-electron chi connectivity index (χ1n) is 6.51. The second-order valence-electron chi connectivity index (χ2n) is 4.97. The zero-order chi connectivity index (χ0) is 14.5. The van der Waals surface area contributed by atoms with Gasteiger partial charge in [0.15, 0.2) is 0 Å². The van der Waals surface area contributed by atoms with E-state index >= 15 is 0 Å². The summed E-state index contributed by atoms with van der Waals surface area (Å²) >= 11 is 0. The van der Waals surface area contributed by atoms with E-state index in [2.05, 4.69) is 0 Å². The molecule has 1 N–H and O–H groups in total. The van der Waals surface area contributed by atoms with Crippen molar-refractivity contribution < 1.29 is 14.7 Å². The van der Waals surface area contributed by atoms with Crippen LogP contribution in [-0.4, -0.2) is 52.1 Å². The van der Waals surface area contributed by atoms with Gasteiger partial charge in [0, 0.05) is 19.6 Å². The predicted octanol–water partition coefficient (Wildman–Crippen LogP) is 2.41. The Morgan fingerprint density at radius 2 is 1.61 bits per heavy atom. The van der Waals surface area contributed by atoms with Crippen LogP contribution in [0.4, 0.5) is 4.79 Å². The number of hydrogen-bond donors (Lipinski definition) is 1. The lowest BCUT2D eigenvalue weighted by Gasteiger charge is -2.39. The van der Waals surface area contributed by atoms with E-state index in [1.54, 1.807) is 32.7 Å². The van der Waals surface area contributed by atoms with Crippen molar-refractivity contribution in [1.29, 1.82) is 0 Å². The van der Waals surface area contributed by atoms with Gasteiger partial charge in [-0.25, -0.2) is 9.59 Å². The molecule has 0 atom stereocenters. The van der Waals surface area contributed by atoms with Crippen molar-refractivity contribution in [1.82, 2.24) is 9.80 Å². The lowest BCUT2D eigenvalue weighted by molar-refractivity contribution is -0.147. The number of hydrogen-bond acceptors (Lipinski definition) is 2. The van der Waals surface area contributed by atoms with Gasteiger partial charge in [-0.15, -0.1) is 0 Å². The van der Waals surface area contributed by atoms with Crippen LogP contribution in [0.5, 0.6) is 0 Å². The summed E-state index contributed by atoms with van der Waals surface area (Å²) < 4.78 is 0. The van der Waals surface area contributed by atoms with Gasteiger partial charge in [0.1, 0.15) is 5.54 Å². The minimum atomic E-state index is -1.19. The number of carbonyl (C=O) groups excluding carboxylic acids is 1. The summed E-state index contributed by atoms with van der Waals surface area (Å²) in [5.74, 6) is -0.990. The lowest BCUT2D eigenvalue weighted by Crippen LogP contribution is -2.57. The van der Waals surface area contributed by atoms with Crippen LogP contribution in [0.25, 0.3) is 0 Å². The van der Waals surface area contributed by atoms with Gasteiger partial charge in [0.05, 0.1) is 0 Å². The van der Waals surface area contributed by atoms with Gasteiger partial charge in [-0.3, -0.25) is 0 Å². The first kappa shape index (κ1) is 16.7. The molecular formula is C13H26N2O3. The average Bonchev–Trinajstić information content (AvgIpc) is 2.30. The number of carbonyl (C=O) groups is 2. The number of likely N-dealkylation sites (N-methyl/N-ethyl adjacent to an activating group) is 1. The maximum Gasteiger partial charge on any atom is 0.329 e. The van der Waals surface area contributed by atoms with E-state index in [9.17, 15) is 14.7 Å². The molecule has 0 unspecified atom stereocenters. The molecule has 2 amide bonds. The molecule has 5 nitrogen and oxygen atoms in total. The second-order valence-corrected chi connectivity index (χ2v) is 4.97. The second kappa shape index (κ2) is 6.61. The summed E-state index contributed by atoms with van der Waals surface area (Å²) in [7, 11) is 1.74. The fourth-order valence-electron chi connectivity index (χ4n) is 2.07. The molecular weight excluding hydrogens is 232 g/mol. The van der Waals surface area contributed by atoms with Crippen LogP contribution in [0.2, 0.25) is 0 Å². The summed E-state index contributed by atoms with van der Waals surface area (Å²) in [6.45, 7) is 9.33. The first-order valence-corrected chi connectivity index (χ1v) is 6.51. The number of carboxylic acids is 1. The van der Waals surface area contributed by atoms with Gasteiger partial charge in [-0.2, -0.15) is 0 Å². The molecule has 5 heteroatoms. The number of aliphatic carboxylic acids is 1. The molecule has 0 heterocycles. The fraction of sp³-hybridized carbons (Fsp3) is 0.846. The molecule has 0 spiro atoms. The first-order chi connectivity index (χ1) is 8.23. The van der Waals surface area contributed by atoms with Crippen molar-refractivity contribution in [3.63, 3.8) is 0 Å². The van der Waals surface area contributed by atoms with Crippen LogP contribution in [-0.2, 0) is 4.79 Å². The van der Waals surface area contributed by atoms with Gasteiger partial charge in [0.25, 0.3) is 0 Å². The molecule has 106 valence electrons. The highest BCUT2D eigenvalue weighted by atomic mass is 16.4. The molecule has 0 fully saturated rings. The van der Waals surface area contributed by atoms with Gasteiger partial charge in [-0.1, -0.05) is 13.8 Å². The highest BCUT2D eigenvalue weighted by Gasteiger charge is 2.38. The minimum absolute atomic E-state index is 0.149. The van der Waals surface area contributed by atoms with E-state index in [0.29, 0.717) is 6.54 Å². The van der Waals surface area contributed by atoms with Gasteiger partial charge >= 0.3 is 12.0 Å². The largest absolute Gasteiger partial charge is 0.480 e. The number of amides is 2. The summed E-state index contributed by atoms with van der Waals surface area (Å²) in [6, 6.07) is -0.0743. The van der Waals surface area contributed by atoms with Crippen molar-refractivity contribution in [3.05, 3.63) is 0 Å². The zero-order valence-corrected chi connectivity index (χ0v) is 12.4. The van der Waals surface area contributed by atoms with Gasteiger partial charge in [0.2, 0.25) is 0 Å². The monoisotopic (exact) mass is 258 g/mol. The van der Waals surface area contributed by atoms with Gasteiger partial charge in [-0.05, 0) is 33.6 Å². The summed E-state index contributed by atoms with van der Waals surface area (Å²) in [5.41, 5.74) is -1.19. The Balaban J connectivity index is 5.09. The number of nitrogens with zero attached hydrogens (tertiary/aromatic N) is 2. The Labute approximate surface area is 110 Å². The molecule has 0 aliphatic heterocycles. The van der Waals surface area contributed by atoms with Crippen LogP contribution in [0.1, 0.15) is 47.5 Å². The Bertz CT molecular complexity index is 299. The quantitative estimate of drug-likeness (QED) is 0.796. The van der Waals surface area contributed by atoms with Crippen LogP contribution in [0, 0.1) is 0 Å². The van der Waals surface area contributed by atoms with Crippen molar-refractivity contribution in [3.8, 4) is 0 Å². The standard InChI is InChI=1S/C13H26N2O3/c1-7-10(8-2)14(6)12(18)15(9-3)13(4,5)11(16)17/h10H,7-9H2,1-6H3,(H,16,17). The molecule has 0 aromatic rings. The molecule has 0 aromatic heterocycles. The third-order valence-electron chi connectivity index (χ3n) is 3.54. The third kappa shape index (κ3) is 3.37. The summed E-state index contributed by atoms with van der Waals surface area (Å²) in [4.78, 5) is 26.7. The molecule has 0 aliphatic rings. The fourth-order valence-corrected chi connectivity index (χ4v) is 2.07. The summed E-state index contributed by atoms with van der Waals surface area (Å²) in [5, 5.41) is 9.21. The van der Waals surface area contributed by atoms with Crippen molar-refractivity contribution in [2.45, 2.75) is 59.0 Å².